The zero-order chi connectivity index (χ0) is 23.0. The van der Waals surface area contributed by atoms with Gasteiger partial charge in [-0.2, -0.15) is 10.4 Å². The number of rotatable bonds is 3. The lowest BCUT2D eigenvalue weighted by atomic mass is 10.0. The van der Waals surface area contributed by atoms with Crippen molar-refractivity contribution in [2.45, 2.75) is 12.0 Å². The molecule has 1 unspecified atom stereocenters. The Labute approximate surface area is 183 Å². The van der Waals surface area contributed by atoms with Gasteiger partial charge in [-0.1, -0.05) is 17.9 Å². The minimum absolute atomic E-state index is 0.00623. The highest BCUT2D eigenvalue weighted by Gasteiger charge is 2.42. The van der Waals surface area contributed by atoms with Gasteiger partial charge < -0.3 is 21.1 Å². The van der Waals surface area contributed by atoms with Gasteiger partial charge in [0.15, 0.2) is 5.69 Å². The Kier molecular flexibility index (Phi) is 5.01. The number of amides is 2. The molecule has 160 valence electrons. The molecule has 2 amide bonds. The van der Waals surface area contributed by atoms with Crippen LogP contribution in [0.4, 0.5) is 5.82 Å². The van der Waals surface area contributed by atoms with Crippen molar-refractivity contribution >= 4 is 28.5 Å². The number of aliphatic hydroxyl groups is 1. The predicted octanol–water partition coefficient (Wildman–Crippen LogP) is 0.377. The fourth-order valence-corrected chi connectivity index (χ4v) is 3.60. The van der Waals surface area contributed by atoms with E-state index in [2.05, 4.69) is 27.2 Å². The first-order valence-corrected chi connectivity index (χ1v) is 9.70. The van der Waals surface area contributed by atoms with Crippen LogP contribution in [-0.2, 0) is 4.79 Å². The lowest BCUT2D eigenvalue weighted by Gasteiger charge is -2.13. The SMILES string of the molecule is CNc1nc(C#N)cc2c1c(C(N)=O)nn2-c1cccc(C#CC2(O)CCN(C)C2=O)c1. The number of aromatic nitrogens is 3. The Morgan fingerprint density at radius 1 is 1.38 bits per heavy atom. The molecule has 0 aliphatic carbocycles. The third-order valence-corrected chi connectivity index (χ3v) is 5.26. The number of nitriles is 1. The van der Waals surface area contributed by atoms with Crippen LogP contribution in [0.2, 0.25) is 0 Å². The van der Waals surface area contributed by atoms with E-state index in [1.807, 2.05) is 6.07 Å². The van der Waals surface area contributed by atoms with Crippen molar-refractivity contribution < 1.29 is 14.7 Å². The number of fused-ring (bicyclic) bond motifs is 1. The van der Waals surface area contributed by atoms with Gasteiger partial charge in [0.05, 0.1) is 16.6 Å². The first-order chi connectivity index (χ1) is 15.3. The van der Waals surface area contributed by atoms with Gasteiger partial charge in [0.2, 0.25) is 5.60 Å². The van der Waals surface area contributed by atoms with E-state index in [0.717, 1.165) is 0 Å². The van der Waals surface area contributed by atoms with Crippen LogP contribution in [0.3, 0.4) is 0 Å². The van der Waals surface area contributed by atoms with Crippen LogP contribution in [0.15, 0.2) is 30.3 Å². The van der Waals surface area contributed by atoms with Crippen LogP contribution < -0.4 is 11.1 Å². The fourth-order valence-electron chi connectivity index (χ4n) is 3.60. The molecule has 1 fully saturated rings. The Bertz CT molecular complexity index is 1380. The van der Waals surface area contributed by atoms with Crippen molar-refractivity contribution in [1.29, 1.82) is 5.26 Å². The molecule has 0 bridgehead atoms. The highest BCUT2D eigenvalue weighted by Crippen LogP contribution is 2.28. The van der Waals surface area contributed by atoms with Crippen LogP contribution in [0.25, 0.3) is 16.6 Å². The summed E-state index contributed by atoms with van der Waals surface area (Å²) in [5, 5.41) is 27.5. The van der Waals surface area contributed by atoms with Crippen molar-refractivity contribution in [3.05, 3.63) is 47.3 Å². The van der Waals surface area contributed by atoms with Gasteiger partial charge in [0.1, 0.15) is 17.6 Å². The Hall–Kier alpha value is -4.41. The number of hydrogen-bond donors (Lipinski definition) is 3. The summed E-state index contributed by atoms with van der Waals surface area (Å²) in [6.07, 6.45) is 0.234. The Morgan fingerprint density at radius 3 is 2.78 bits per heavy atom. The third kappa shape index (κ3) is 3.39. The molecule has 1 atom stereocenters. The molecular weight excluding hydrogens is 410 g/mol. The maximum absolute atomic E-state index is 12.1. The van der Waals surface area contributed by atoms with Crippen molar-refractivity contribution in [1.82, 2.24) is 19.7 Å². The number of likely N-dealkylation sites (tertiary alicyclic amines) is 1. The number of primary amides is 1. The number of hydrogen-bond acceptors (Lipinski definition) is 7. The van der Waals surface area contributed by atoms with E-state index in [4.69, 9.17) is 5.73 Å². The van der Waals surface area contributed by atoms with Gasteiger partial charge in [-0.05, 0) is 18.2 Å². The van der Waals surface area contributed by atoms with E-state index >= 15 is 0 Å². The summed E-state index contributed by atoms with van der Waals surface area (Å²) in [5.41, 5.74) is 5.51. The van der Waals surface area contributed by atoms with E-state index in [0.29, 0.717) is 34.5 Å². The molecule has 10 nitrogen and oxygen atoms in total. The molecule has 1 saturated heterocycles. The molecule has 3 aromatic rings. The van der Waals surface area contributed by atoms with Gasteiger partial charge in [0.25, 0.3) is 11.8 Å². The summed E-state index contributed by atoms with van der Waals surface area (Å²) >= 11 is 0. The van der Waals surface area contributed by atoms with Crippen molar-refractivity contribution in [3.8, 4) is 23.6 Å². The first kappa shape index (κ1) is 20.8. The van der Waals surface area contributed by atoms with Crippen LogP contribution in [0.5, 0.6) is 0 Å². The summed E-state index contributed by atoms with van der Waals surface area (Å²) in [4.78, 5) is 29.8. The number of likely N-dealkylation sites (N-methyl/N-ethyl adjacent to an activating group) is 1. The molecule has 1 aliphatic rings. The molecule has 1 aromatic carbocycles. The Morgan fingerprint density at radius 2 is 2.16 bits per heavy atom. The van der Waals surface area contributed by atoms with E-state index < -0.39 is 17.4 Å². The molecule has 2 aromatic heterocycles. The van der Waals surface area contributed by atoms with E-state index in [-0.39, 0.29) is 17.8 Å². The highest BCUT2D eigenvalue weighted by atomic mass is 16.3. The van der Waals surface area contributed by atoms with Crippen LogP contribution >= 0.6 is 0 Å². The number of nitrogens with one attached hydrogen (secondary N) is 1. The van der Waals surface area contributed by atoms with E-state index in [1.165, 1.54) is 15.6 Å². The smallest absolute Gasteiger partial charge is 0.270 e. The topological polar surface area (TPSA) is 150 Å². The standard InChI is InChI=1S/C22H19N7O3/c1-25-20-17-16(11-14(12-23)26-20)29(27-18(17)19(24)30)15-5-3-4-13(10-15)6-7-22(32)8-9-28(2)21(22)31/h3-5,10-11,32H,8-9H2,1-2H3,(H2,24,30)(H,25,26). The van der Waals surface area contributed by atoms with Crippen molar-refractivity contribution in [2.75, 3.05) is 26.0 Å². The largest absolute Gasteiger partial charge is 0.372 e. The molecule has 0 saturated carbocycles. The maximum atomic E-state index is 12.1. The average Bonchev–Trinajstić information content (AvgIpc) is 3.31. The fraction of sp³-hybridized carbons (Fsp3) is 0.227. The molecule has 0 radical (unpaired) electrons. The van der Waals surface area contributed by atoms with Gasteiger partial charge in [0, 0.05) is 38.7 Å². The zero-order valence-corrected chi connectivity index (χ0v) is 17.4. The van der Waals surface area contributed by atoms with Gasteiger partial charge in [-0.3, -0.25) is 9.59 Å². The molecule has 0 spiro atoms. The molecule has 1 aliphatic heterocycles. The number of carbonyl (C=O) groups excluding carboxylic acids is 2. The lowest BCUT2D eigenvalue weighted by molar-refractivity contribution is -0.137. The number of nitrogens with zero attached hydrogens (tertiary/aromatic N) is 5. The van der Waals surface area contributed by atoms with Crippen molar-refractivity contribution in [3.63, 3.8) is 0 Å². The summed E-state index contributed by atoms with van der Waals surface area (Å²) < 4.78 is 1.48. The summed E-state index contributed by atoms with van der Waals surface area (Å²) in [7, 11) is 3.24. The van der Waals surface area contributed by atoms with E-state index in [9.17, 15) is 20.0 Å². The van der Waals surface area contributed by atoms with Crippen molar-refractivity contribution in [2.24, 2.45) is 5.73 Å². The molecule has 4 rings (SSSR count). The average molecular weight is 429 g/mol. The minimum Gasteiger partial charge on any atom is -0.372 e. The van der Waals surface area contributed by atoms with Gasteiger partial charge >= 0.3 is 0 Å². The zero-order valence-electron chi connectivity index (χ0n) is 17.4. The molecule has 10 heteroatoms. The summed E-state index contributed by atoms with van der Waals surface area (Å²) in [6.45, 7) is 0.433. The van der Waals surface area contributed by atoms with Crippen LogP contribution in [-0.4, -0.2) is 62.8 Å². The van der Waals surface area contributed by atoms with E-state index in [1.54, 1.807) is 38.4 Å². The highest BCUT2D eigenvalue weighted by molar-refractivity contribution is 6.08. The molecule has 3 heterocycles. The predicted molar refractivity (Wildman–Crippen MR) is 116 cm³/mol. The number of pyridine rings is 1. The lowest BCUT2D eigenvalue weighted by Crippen LogP contribution is -2.37. The number of carbonyl (C=O) groups is 2. The number of anilines is 1. The van der Waals surface area contributed by atoms with Crippen LogP contribution in [0, 0.1) is 23.2 Å². The minimum atomic E-state index is -1.71. The quantitative estimate of drug-likeness (QED) is 0.509. The third-order valence-electron chi connectivity index (χ3n) is 5.26. The normalized spacial score (nSPS) is 17.7. The summed E-state index contributed by atoms with van der Waals surface area (Å²) in [6, 6.07) is 10.4. The first-order valence-electron chi connectivity index (χ1n) is 9.70. The summed E-state index contributed by atoms with van der Waals surface area (Å²) in [5.74, 6) is 4.67. The van der Waals surface area contributed by atoms with Crippen LogP contribution in [0.1, 0.15) is 28.2 Å². The van der Waals surface area contributed by atoms with Gasteiger partial charge in [-0.15, -0.1) is 0 Å². The number of nitrogens with two attached hydrogens (primary N) is 1. The second-order valence-electron chi connectivity index (χ2n) is 7.37. The second kappa shape index (κ2) is 7.69. The number of benzene rings is 1. The van der Waals surface area contributed by atoms with Gasteiger partial charge in [-0.25, -0.2) is 9.67 Å². The molecule has 4 N–H and O–H groups in total. The Balaban J connectivity index is 1.85. The monoisotopic (exact) mass is 429 g/mol. The second-order valence-corrected chi connectivity index (χ2v) is 7.37. The molecule has 32 heavy (non-hydrogen) atoms. The maximum Gasteiger partial charge on any atom is 0.270 e. The molecular formula is C22H19N7O3.